The van der Waals surface area contributed by atoms with Gasteiger partial charge >= 0.3 is 0 Å². The van der Waals surface area contributed by atoms with Gasteiger partial charge in [0.2, 0.25) is 0 Å². The summed E-state index contributed by atoms with van der Waals surface area (Å²) in [6.07, 6.45) is 1.61. The number of likely N-dealkylation sites (N-methyl/N-ethyl adjacent to an activating group) is 1. The fraction of sp³-hybridized carbons (Fsp3) is 0.538. The zero-order valence-corrected chi connectivity index (χ0v) is 11.5. The van der Waals surface area contributed by atoms with E-state index < -0.39 is 0 Å². The lowest BCUT2D eigenvalue weighted by Gasteiger charge is -2.39. The quantitative estimate of drug-likeness (QED) is 0.615. The van der Waals surface area contributed by atoms with Gasteiger partial charge in [-0.05, 0) is 25.6 Å². The van der Waals surface area contributed by atoms with Gasteiger partial charge < -0.3 is 10.3 Å². The molecule has 1 fully saturated rings. The SMILES string of the molecule is CCN1CCN(C(=O)c2cccnc2NN)CC1C. The van der Waals surface area contributed by atoms with Gasteiger partial charge in [0.1, 0.15) is 0 Å². The van der Waals surface area contributed by atoms with Crippen molar-refractivity contribution >= 4 is 11.7 Å². The van der Waals surface area contributed by atoms with Crippen LogP contribution in [0, 0.1) is 0 Å². The summed E-state index contributed by atoms with van der Waals surface area (Å²) in [4.78, 5) is 20.8. The number of hydrazine groups is 1. The first-order chi connectivity index (χ1) is 9.17. The number of hydrogen-bond donors (Lipinski definition) is 2. The third-order valence-corrected chi connectivity index (χ3v) is 3.63. The van der Waals surface area contributed by atoms with Crippen LogP contribution in [0.3, 0.4) is 0 Å². The van der Waals surface area contributed by atoms with Crippen molar-refractivity contribution in [1.82, 2.24) is 14.8 Å². The van der Waals surface area contributed by atoms with Gasteiger partial charge in [0.15, 0.2) is 5.82 Å². The van der Waals surface area contributed by atoms with Crippen LogP contribution in [0.1, 0.15) is 24.2 Å². The lowest BCUT2D eigenvalue weighted by Crippen LogP contribution is -2.53. The highest BCUT2D eigenvalue weighted by atomic mass is 16.2. The molecule has 104 valence electrons. The van der Waals surface area contributed by atoms with Gasteiger partial charge in [0.05, 0.1) is 5.56 Å². The van der Waals surface area contributed by atoms with Crippen LogP contribution in [0.5, 0.6) is 0 Å². The summed E-state index contributed by atoms with van der Waals surface area (Å²) in [5.41, 5.74) is 3.01. The standard InChI is InChI=1S/C13H21N5O/c1-3-17-7-8-18(9-10(17)2)13(19)11-5-4-6-15-12(11)16-14/h4-6,10H,3,7-9,14H2,1-2H3,(H,15,16). The summed E-state index contributed by atoms with van der Waals surface area (Å²) < 4.78 is 0. The van der Waals surface area contributed by atoms with E-state index in [2.05, 4.69) is 29.2 Å². The fourth-order valence-electron chi connectivity index (χ4n) is 2.51. The maximum Gasteiger partial charge on any atom is 0.257 e. The van der Waals surface area contributed by atoms with E-state index in [0.717, 1.165) is 26.2 Å². The molecule has 1 atom stereocenters. The van der Waals surface area contributed by atoms with Crippen LogP contribution in [-0.4, -0.2) is 52.9 Å². The molecule has 0 bridgehead atoms. The second-order valence-electron chi connectivity index (χ2n) is 4.77. The molecular weight excluding hydrogens is 242 g/mol. The van der Waals surface area contributed by atoms with Crippen molar-refractivity contribution in [1.29, 1.82) is 0 Å². The van der Waals surface area contributed by atoms with Crippen molar-refractivity contribution in [3.05, 3.63) is 23.9 Å². The highest BCUT2D eigenvalue weighted by Crippen LogP contribution is 2.16. The van der Waals surface area contributed by atoms with Gasteiger partial charge in [-0.15, -0.1) is 0 Å². The van der Waals surface area contributed by atoms with Crippen LogP contribution < -0.4 is 11.3 Å². The van der Waals surface area contributed by atoms with Gasteiger partial charge in [-0.3, -0.25) is 9.69 Å². The number of nitrogens with one attached hydrogen (secondary N) is 1. The number of anilines is 1. The van der Waals surface area contributed by atoms with E-state index in [9.17, 15) is 4.79 Å². The predicted octanol–water partition coefficient (Wildman–Crippen LogP) is 0.533. The number of nitrogens with two attached hydrogens (primary N) is 1. The minimum atomic E-state index is -0.0105. The van der Waals surface area contributed by atoms with Crippen molar-refractivity contribution in [2.24, 2.45) is 5.84 Å². The Kier molecular flexibility index (Phi) is 4.34. The average Bonchev–Trinajstić information content (AvgIpc) is 2.46. The number of hydrogen-bond acceptors (Lipinski definition) is 5. The molecule has 0 saturated carbocycles. The van der Waals surface area contributed by atoms with Crippen molar-refractivity contribution in [3.63, 3.8) is 0 Å². The topological polar surface area (TPSA) is 74.5 Å². The van der Waals surface area contributed by atoms with Crippen molar-refractivity contribution < 1.29 is 4.79 Å². The summed E-state index contributed by atoms with van der Waals surface area (Å²) in [6.45, 7) is 7.71. The second kappa shape index (κ2) is 5.99. The molecule has 1 amide bonds. The van der Waals surface area contributed by atoms with Gasteiger partial charge in [0.25, 0.3) is 5.91 Å². The van der Waals surface area contributed by atoms with E-state index in [0.29, 0.717) is 17.4 Å². The molecule has 2 rings (SSSR count). The highest BCUT2D eigenvalue weighted by Gasteiger charge is 2.27. The Morgan fingerprint density at radius 2 is 2.37 bits per heavy atom. The van der Waals surface area contributed by atoms with Crippen LogP contribution in [0.2, 0.25) is 0 Å². The van der Waals surface area contributed by atoms with E-state index in [1.54, 1.807) is 18.3 Å². The lowest BCUT2D eigenvalue weighted by atomic mass is 10.1. The molecule has 0 spiro atoms. The molecule has 1 aliphatic rings. The van der Waals surface area contributed by atoms with Crippen LogP contribution in [0.4, 0.5) is 5.82 Å². The van der Waals surface area contributed by atoms with Gasteiger partial charge in [0, 0.05) is 31.9 Å². The molecule has 1 aromatic heterocycles. The molecule has 1 aromatic rings. The van der Waals surface area contributed by atoms with E-state index in [-0.39, 0.29) is 5.91 Å². The molecule has 1 unspecified atom stereocenters. The van der Waals surface area contributed by atoms with Crippen LogP contribution in [0.25, 0.3) is 0 Å². The van der Waals surface area contributed by atoms with Gasteiger partial charge in [-0.25, -0.2) is 10.8 Å². The number of nitrogens with zero attached hydrogens (tertiary/aromatic N) is 3. The molecule has 0 radical (unpaired) electrons. The van der Waals surface area contributed by atoms with E-state index >= 15 is 0 Å². The predicted molar refractivity (Wildman–Crippen MR) is 74.7 cm³/mol. The van der Waals surface area contributed by atoms with Crippen molar-refractivity contribution in [2.45, 2.75) is 19.9 Å². The van der Waals surface area contributed by atoms with E-state index in [1.807, 2.05) is 4.90 Å². The number of carbonyl (C=O) groups is 1. The molecule has 1 aliphatic heterocycles. The Morgan fingerprint density at radius 1 is 1.58 bits per heavy atom. The number of piperazine rings is 1. The van der Waals surface area contributed by atoms with E-state index in [1.165, 1.54) is 0 Å². The Morgan fingerprint density at radius 3 is 3.00 bits per heavy atom. The third kappa shape index (κ3) is 2.85. The third-order valence-electron chi connectivity index (χ3n) is 3.63. The lowest BCUT2D eigenvalue weighted by molar-refractivity contribution is 0.0529. The number of carbonyl (C=O) groups excluding carboxylic acids is 1. The summed E-state index contributed by atoms with van der Waals surface area (Å²) in [6, 6.07) is 3.88. The zero-order chi connectivity index (χ0) is 13.8. The smallest absolute Gasteiger partial charge is 0.257 e. The monoisotopic (exact) mass is 263 g/mol. The molecule has 6 nitrogen and oxygen atoms in total. The average molecular weight is 263 g/mol. The Labute approximate surface area is 113 Å². The van der Waals surface area contributed by atoms with Gasteiger partial charge in [-0.1, -0.05) is 6.92 Å². The number of aromatic nitrogens is 1. The summed E-state index contributed by atoms with van der Waals surface area (Å²) in [7, 11) is 0. The molecule has 0 aliphatic carbocycles. The summed E-state index contributed by atoms with van der Waals surface area (Å²) in [5.74, 6) is 5.82. The molecular formula is C13H21N5O. The molecule has 3 N–H and O–H groups in total. The Hall–Kier alpha value is -1.66. The van der Waals surface area contributed by atoms with Crippen LogP contribution in [-0.2, 0) is 0 Å². The summed E-state index contributed by atoms with van der Waals surface area (Å²) >= 11 is 0. The van der Waals surface area contributed by atoms with Crippen molar-refractivity contribution in [3.8, 4) is 0 Å². The Bertz CT molecular complexity index is 450. The summed E-state index contributed by atoms with van der Waals surface area (Å²) in [5, 5.41) is 0. The molecule has 0 aromatic carbocycles. The minimum absolute atomic E-state index is 0.0105. The van der Waals surface area contributed by atoms with Crippen molar-refractivity contribution in [2.75, 3.05) is 31.6 Å². The van der Waals surface area contributed by atoms with Crippen LogP contribution >= 0.6 is 0 Å². The number of pyridine rings is 1. The molecule has 6 heteroatoms. The molecule has 2 heterocycles. The molecule has 19 heavy (non-hydrogen) atoms. The minimum Gasteiger partial charge on any atom is -0.336 e. The zero-order valence-electron chi connectivity index (χ0n) is 11.5. The highest BCUT2D eigenvalue weighted by molar-refractivity contribution is 5.98. The normalized spacial score (nSPS) is 20.4. The number of nitrogen functional groups attached to an aromatic ring is 1. The molecule has 1 saturated heterocycles. The maximum atomic E-state index is 12.5. The first-order valence-corrected chi connectivity index (χ1v) is 6.62. The fourth-order valence-corrected chi connectivity index (χ4v) is 2.51. The van der Waals surface area contributed by atoms with Gasteiger partial charge in [-0.2, -0.15) is 0 Å². The Balaban J connectivity index is 2.12. The number of rotatable bonds is 3. The maximum absolute atomic E-state index is 12.5. The second-order valence-corrected chi connectivity index (χ2v) is 4.77. The first-order valence-electron chi connectivity index (χ1n) is 6.62. The van der Waals surface area contributed by atoms with Crippen LogP contribution in [0.15, 0.2) is 18.3 Å². The van der Waals surface area contributed by atoms with E-state index in [4.69, 9.17) is 5.84 Å². The first kappa shape index (κ1) is 13.8. The number of amides is 1. The largest absolute Gasteiger partial charge is 0.336 e.